The molecule has 1 saturated carbocycles. The standard InChI is InChI=1S/C22H28N2O5/c1-4-20-8-5-10-24-11-9-21(17(20)24)14-7-6-13(28-2)12-15(14)23-16(21)22(27,18(20)25)19(26)29-3/h5-8,12,16-18,23,25,27H,4,9-11H2,1-3H3/t16-,17+,18?,20-,21+,22?/m0/s1. The second kappa shape index (κ2) is 5.97. The number of anilines is 1. The Labute approximate surface area is 170 Å². The lowest BCUT2D eigenvalue weighted by Gasteiger charge is -2.62. The van der Waals surface area contributed by atoms with E-state index in [1.165, 1.54) is 7.11 Å². The van der Waals surface area contributed by atoms with E-state index in [9.17, 15) is 15.0 Å². The number of carbonyl (C=O) groups is 1. The molecule has 4 aliphatic rings. The normalized spacial score (nSPS) is 41.9. The molecule has 3 heterocycles. The van der Waals surface area contributed by atoms with Crippen LogP contribution < -0.4 is 10.1 Å². The van der Waals surface area contributed by atoms with Crippen LogP contribution in [0.1, 0.15) is 25.3 Å². The van der Waals surface area contributed by atoms with Crippen molar-refractivity contribution in [2.45, 2.75) is 49.0 Å². The minimum absolute atomic E-state index is 0.0305. The van der Waals surface area contributed by atoms with Crippen LogP contribution in [0.3, 0.4) is 0 Å². The lowest BCUT2D eigenvalue weighted by atomic mass is 9.48. The second-order valence-corrected chi connectivity index (χ2v) is 8.76. The highest BCUT2D eigenvalue weighted by molar-refractivity contribution is 5.85. The number of ether oxygens (including phenoxy) is 2. The number of nitrogens with one attached hydrogen (secondary N) is 1. The molecule has 0 radical (unpaired) electrons. The van der Waals surface area contributed by atoms with Crippen LogP contribution in [0.15, 0.2) is 30.4 Å². The number of rotatable bonds is 3. The minimum Gasteiger partial charge on any atom is -0.497 e. The molecule has 1 spiro atoms. The van der Waals surface area contributed by atoms with Gasteiger partial charge in [-0.1, -0.05) is 25.1 Å². The van der Waals surface area contributed by atoms with Crippen LogP contribution in [0.4, 0.5) is 5.69 Å². The Kier molecular flexibility index (Phi) is 3.89. The van der Waals surface area contributed by atoms with Gasteiger partial charge in [-0.2, -0.15) is 0 Å². The molecular weight excluding hydrogens is 372 g/mol. The zero-order chi connectivity index (χ0) is 20.6. The largest absolute Gasteiger partial charge is 0.497 e. The SMILES string of the molecule is CC[C@@]12C=CCN3CC[C@]4(c5ccc(OC)cc5N[C@@H]4C(O)(C(=O)OC)C1O)[C@H]32. The summed E-state index contributed by atoms with van der Waals surface area (Å²) in [5.41, 5.74) is -1.45. The molecule has 2 fully saturated rings. The fourth-order valence-corrected chi connectivity index (χ4v) is 6.84. The second-order valence-electron chi connectivity index (χ2n) is 8.76. The molecule has 0 aromatic heterocycles. The smallest absolute Gasteiger partial charge is 0.342 e. The van der Waals surface area contributed by atoms with Crippen molar-refractivity contribution < 1.29 is 24.5 Å². The predicted molar refractivity (Wildman–Crippen MR) is 107 cm³/mol. The van der Waals surface area contributed by atoms with E-state index in [4.69, 9.17) is 9.47 Å². The average molecular weight is 400 g/mol. The first kappa shape index (κ1) is 18.9. The maximum absolute atomic E-state index is 13.0. The summed E-state index contributed by atoms with van der Waals surface area (Å²) in [6, 6.07) is 5.15. The molecule has 7 nitrogen and oxygen atoms in total. The summed E-state index contributed by atoms with van der Waals surface area (Å²) in [5.74, 6) is -0.0982. The van der Waals surface area contributed by atoms with Crippen molar-refractivity contribution in [3.63, 3.8) is 0 Å². The number of benzene rings is 1. The van der Waals surface area contributed by atoms with Crippen LogP contribution in [0.2, 0.25) is 0 Å². The molecule has 0 amide bonds. The van der Waals surface area contributed by atoms with Crippen LogP contribution in [0.25, 0.3) is 0 Å². The predicted octanol–water partition coefficient (Wildman–Crippen LogP) is 1.05. The molecule has 3 aliphatic heterocycles. The van der Waals surface area contributed by atoms with Crippen LogP contribution in [0, 0.1) is 5.41 Å². The molecule has 1 aromatic rings. The van der Waals surface area contributed by atoms with Gasteiger partial charge in [0.2, 0.25) is 5.60 Å². The highest BCUT2D eigenvalue weighted by Crippen LogP contribution is 2.65. The maximum atomic E-state index is 13.0. The molecule has 156 valence electrons. The first-order chi connectivity index (χ1) is 13.9. The maximum Gasteiger partial charge on any atom is 0.342 e. The summed E-state index contributed by atoms with van der Waals surface area (Å²) in [6.07, 6.45) is 4.17. The van der Waals surface area contributed by atoms with Crippen LogP contribution in [-0.4, -0.2) is 72.2 Å². The highest BCUT2D eigenvalue weighted by Gasteiger charge is 2.77. The molecule has 1 aromatic carbocycles. The quantitative estimate of drug-likeness (QED) is 0.516. The number of hydrogen-bond donors (Lipinski definition) is 3. The third-order valence-corrected chi connectivity index (χ3v) is 7.98. The van der Waals surface area contributed by atoms with Gasteiger partial charge in [0.1, 0.15) is 11.9 Å². The molecule has 1 saturated heterocycles. The van der Waals surface area contributed by atoms with Gasteiger partial charge in [-0.25, -0.2) is 4.79 Å². The third kappa shape index (κ3) is 1.96. The zero-order valence-corrected chi connectivity index (χ0v) is 17.0. The van der Waals surface area contributed by atoms with E-state index in [1.807, 2.05) is 31.2 Å². The Morgan fingerprint density at radius 2 is 2.17 bits per heavy atom. The summed E-state index contributed by atoms with van der Waals surface area (Å²) in [6.45, 7) is 3.65. The van der Waals surface area contributed by atoms with Gasteiger partial charge in [-0.3, -0.25) is 4.90 Å². The molecular formula is C22H28N2O5. The molecule has 29 heavy (non-hydrogen) atoms. The van der Waals surface area contributed by atoms with E-state index in [2.05, 4.69) is 16.3 Å². The Bertz CT molecular complexity index is 903. The van der Waals surface area contributed by atoms with Gasteiger partial charge in [0.15, 0.2) is 0 Å². The molecule has 1 aliphatic carbocycles. The minimum atomic E-state index is -2.08. The van der Waals surface area contributed by atoms with Gasteiger partial charge >= 0.3 is 5.97 Å². The number of fused-ring (bicyclic) bond motifs is 1. The Morgan fingerprint density at radius 1 is 1.38 bits per heavy atom. The average Bonchev–Trinajstić information content (AvgIpc) is 3.31. The van der Waals surface area contributed by atoms with Crippen LogP contribution >= 0.6 is 0 Å². The highest BCUT2D eigenvalue weighted by atomic mass is 16.5. The van der Waals surface area contributed by atoms with Gasteiger partial charge in [0.25, 0.3) is 0 Å². The summed E-state index contributed by atoms with van der Waals surface area (Å²) in [4.78, 5) is 15.4. The number of nitrogens with zero attached hydrogens (tertiary/aromatic N) is 1. The van der Waals surface area contributed by atoms with Crippen LogP contribution in [-0.2, 0) is 14.9 Å². The fraction of sp³-hybridized carbons (Fsp3) is 0.591. The summed E-state index contributed by atoms with van der Waals surface area (Å²) < 4.78 is 10.4. The molecule has 5 rings (SSSR count). The van der Waals surface area contributed by atoms with Crippen molar-refractivity contribution in [1.82, 2.24) is 4.90 Å². The van der Waals surface area contributed by atoms with Crippen molar-refractivity contribution in [1.29, 1.82) is 0 Å². The molecule has 7 heteroatoms. The Balaban J connectivity index is 1.81. The number of aliphatic hydroxyl groups is 2. The fourth-order valence-electron chi connectivity index (χ4n) is 6.84. The molecule has 3 N–H and O–H groups in total. The van der Waals surface area contributed by atoms with Crippen molar-refractivity contribution in [2.75, 3.05) is 32.6 Å². The van der Waals surface area contributed by atoms with Gasteiger partial charge in [0.05, 0.1) is 20.3 Å². The van der Waals surface area contributed by atoms with E-state index in [-0.39, 0.29) is 6.04 Å². The number of esters is 1. The van der Waals surface area contributed by atoms with Gasteiger partial charge in [0, 0.05) is 35.2 Å². The lowest BCUT2D eigenvalue weighted by molar-refractivity contribution is -0.215. The number of methoxy groups -OCH3 is 2. The van der Waals surface area contributed by atoms with Gasteiger partial charge in [-0.15, -0.1) is 0 Å². The monoisotopic (exact) mass is 400 g/mol. The van der Waals surface area contributed by atoms with E-state index in [1.54, 1.807) is 7.11 Å². The summed E-state index contributed by atoms with van der Waals surface area (Å²) in [7, 11) is 2.87. The number of aliphatic hydroxyl groups excluding tert-OH is 1. The third-order valence-electron chi connectivity index (χ3n) is 7.98. The van der Waals surface area contributed by atoms with Crippen molar-refractivity contribution >= 4 is 11.7 Å². The summed E-state index contributed by atoms with van der Waals surface area (Å²) >= 11 is 0. The first-order valence-corrected chi connectivity index (χ1v) is 10.3. The van der Waals surface area contributed by atoms with Crippen LogP contribution in [0.5, 0.6) is 5.75 Å². The van der Waals surface area contributed by atoms with E-state index in [0.717, 1.165) is 30.8 Å². The van der Waals surface area contributed by atoms with Crippen molar-refractivity contribution in [2.24, 2.45) is 5.41 Å². The number of hydrogen-bond acceptors (Lipinski definition) is 7. The Hall–Kier alpha value is -2.09. The van der Waals surface area contributed by atoms with E-state index >= 15 is 0 Å². The topological polar surface area (TPSA) is 91.3 Å². The molecule has 2 unspecified atom stereocenters. The van der Waals surface area contributed by atoms with E-state index < -0.39 is 34.5 Å². The number of carbonyl (C=O) groups excluding carboxylic acids is 1. The lowest BCUT2D eigenvalue weighted by Crippen LogP contribution is -2.79. The van der Waals surface area contributed by atoms with Crippen molar-refractivity contribution in [3.8, 4) is 5.75 Å². The summed E-state index contributed by atoms with van der Waals surface area (Å²) in [5, 5.41) is 26.8. The Morgan fingerprint density at radius 3 is 2.86 bits per heavy atom. The first-order valence-electron chi connectivity index (χ1n) is 10.3. The van der Waals surface area contributed by atoms with Gasteiger partial charge in [-0.05, 0) is 31.0 Å². The van der Waals surface area contributed by atoms with E-state index in [0.29, 0.717) is 12.2 Å². The zero-order valence-electron chi connectivity index (χ0n) is 17.0. The van der Waals surface area contributed by atoms with Crippen molar-refractivity contribution in [3.05, 3.63) is 35.9 Å². The molecule has 0 bridgehead atoms. The molecule has 6 atom stereocenters. The van der Waals surface area contributed by atoms with Gasteiger partial charge < -0.3 is 25.0 Å².